The molecule has 0 unspecified atom stereocenters. The van der Waals surface area contributed by atoms with Crippen molar-refractivity contribution in [3.8, 4) is 0 Å². The van der Waals surface area contributed by atoms with Gasteiger partial charge in [0.2, 0.25) is 0 Å². The van der Waals surface area contributed by atoms with Gasteiger partial charge in [-0.05, 0) is 29.2 Å². The second-order valence-corrected chi connectivity index (χ2v) is 3.47. The highest BCUT2D eigenvalue weighted by Gasteiger charge is 1.97. The summed E-state index contributed by atoms with van der Waals surface area (Å²) in [5, 5.41) is 2.70. The fraction of sp³-hybridized carbons (Fsp3) is 0.143. The Morgan fingerprint density at radius 2 is 1.79 bits per heavy atom. The van der Waals surface area contributed by atoms with E-state index in [0.29, 0.717) is 0 Å². The third-order valence-electron chi connectivity index (χ3n) is 2.50. The zero-order valence-corrected chi connectivity index (χ0v) is 8.24. The molecule has 0 bridgehead atoms. The lowest BCUT2D eigenvalue weighted by Gasteiger charge is -2.04. The summed E-state index contributed by atoms with van der Waals surface area (Å²) in [5.74, 6) is 0. The summed E-state index contributed by atoms with van der Waals surface area (Å²) in [5.41, 5.74) is 1.42. The monoisotopic (exact) mass is 182 g/mol. The first kappa shape index (κ1) is 9.01. The molecule has 0 radical (unpaired) electrons. The summed E-state index contributed by atoms with van der Waals surface area (Å²) >= 11 is 0. The second kappa shape index (κ2) is 4.10. The second-order valence-electron chi connectivity index (χ2n) is 3.47. The van der Waals surface area contributed by atoms with Gasteiger partial charge in [0.1, 0.15) is 0 Å². The Labute approximate surface area is 84.9 Å². The van der Waals surface area contributed by atoms with Gasteiger partial charge in [0.15, 0.2) is 0 Å². The van der Waals surface area contributed by atoms with Crippen LogP contribution in [-0.4, -0.2) is 0 Å². The summed E-state index contributed by atoms with van der Waals surface area (Å²) in [6, 6.07) is 15.0. The van der Waals surface area contributed by atoms with E-state index in [1.54, 1.807) is 0 Å². The van der Waals surface area contributed by atoms with E-state index in [0.717, 1.165) is 12.8 Å². The number of rotatable bonds is 3. The Hall–Kier alpha value is -1.56. The zero-order chi connectivity index (χ0) is 9.80. The standard InChI is InChI=1S/C14H14/c1-2-3-7-12-9-6-10-13-8-4-5-11-14(12)13/h2,4-6,8-11H,1,3,7H2. The summed E-state index contributed by atoms with van der Waals surface area (Å²) in [6.07, 6.45) is 4.11. The Morgan fingerprint density at radius 1 is 1.00 bits per heavy atom. The average Bonchev–Trinajstić information content (AvgIpc) is 2.26. The summed E-state index contributed by atoms with van der Waals surface area (Å²) in [6.45, 7) is 3.76. The molecule has 0 amide bonds. The molecular formula is C14H14. The van der Waals surface area contributed by atoms with Crippen molar-refractivity contribution in [2.45, 2.75) is 12.8 Å². The van der Waals surface area contributed by atoms with Crippen LogP contribution in [0.5, 0.6) is 0 Å². The molecule has 0 saturated heterocycles. The van der Waals surface area contributed by atoms with Gasteiger partial charge in [-0.1, -0.05) is 48.5 Å². The highest BCUT2D eigenvalue weighted by Crippen LogP contribution is 2.19. The molecule has 2 aromatic rings. The summed E-state index contributed by atoms with van der Waals surface area (Å²) in [7, 11) is 0. The maximum atomic E-state index is 3.76. The zero-order valence-electron chi connectivity index (χ0n) is 8.24. The van der Waals surface area contributed by atoms with E-state index < -0.39 is 0 Å². The van der Waals surface area contributed by atoms with Crippen LogP contribution < -0.4 is 0 Å². The van der Waals surface area contributed by atoms with Crippen LogP contribution in [0.4, 0.5) is 0 Å². The van der Waals surface area contributed by atoms with Crippen molar-refractivity contribution < 1.29 is 0 Å². The van der Waals surface area contributed by atoms with Gasteiger partial charge >= 0.3 is 0 Å². The first-order chi connectivity index (χ1) is 6.92. The molecule has 0 aliphatic carbocycles. The fourth-order valence-corrected chi connectivity index (χ4v) is 1.77. The van der Waals surface area contributed by atoms with Crippen LogP contribution in [0.3, 0.4) is 0 Å². The molecule has 0 heteroatoms. The Morgan fingerprint density at radius 3 is 2.64 bits per heavy atom. The predicted molar refractivity (Wildman–Crippen MR) is 62.5 cm³/mol. The molecule has 14 heavy (non-hydrogen) atoms. The van der Waals surface area contributed by atoms with Gasteiger partial charge in [0.05, 0.1) is 0 Å². The van der Waals surface area contributed by atoms with E-state index in [1.807, 2.05) is 6.08 Å². The predicted octanol–water partition coefficient (Wildman–Crippen LogP) is 3.96. The van der Waals surface area contributed by atoms with Crippen molar-refractivity contribution in [1.29, 1.82) is 0 Å². The van der Waals surface area contributed by atoms with Crippen molar-refractivity contribution in [1.82, 2.24) is 0 Å². The molecule has 0 atom stereocenters. The number of hydrogen-bond donors (Lipinski definition) is 0. The van der Waals surface area contributed by atoms with E-state index in [9.17, 15) is 0 Å². The first-order valence-corrected chi connectivity index (χ1v) is 4.99. The Kier molecular flexibility index (Phi) is 2.64. The maximum absolute atomic E-state index is 3.76. The van der Waals surface area contributed by atoms with Crippen LogP contribution in [0.25, 0.3) is 10.8 Å². The lowest BCUT2D eigenvalue weighted by molar-refractivity contribution is 1.02. The molecule has 0 heterocycles. The van der Waals surface area contributed by atoms with Gasteiger partial charge in [-0.15, -0.1) is 6.58 Å². The van der Waals surface area contributed by atoms with Crippen molar-refractivity contribution >= 4 is 10.8 Å². The minimum Gasteiger partial charge on any atom is -0.103 e. The van der Waals surface area contributed by atoms with Crippen LogP contribution in [-0.2, 0) is 6.42 Å². The van der Waals surface area contributed by atoms with Crippen LogP contribution >= 0.6 is 0 Å². The lowest BCUT2D eigenvalue weighted by Crippen LogP contribution is -1.85. The fourth-order valence-electron chi connectivity index (χ4n) is 1.77. The molecule has 0 aliphatic rings. The summed E-state index contributed by atoms with van der Waals surface area (Å²) in [4.78, 5) is 0. The first-order valence-electron chi connectivity index (χ1n) is 4.99. The highest BCUT2D eigenvalue weighted by molar-refractivity contribution is 5.85. The van der Waals surface area contributed by atoms with Gasteiger partial charge in [-0.25, -0.2) is 0 Å². The number of allylic oxidation sites excluding steroid dienone is 1. The Balaban J connectivity index is 2.48. The van der Waals surface area contributed by atoms with Gasteiger partial charge in [-0.3, -0.25) is 0 Å². The number of hydrogen-bond acceptors (Lipinski definition) is 0. The smallest absolute Gasteiger partial charge is 0.0152 e. The molecule has 0 N–H and O–H groups in total. The van der Waals surface area contributed by atoms with E-state index >= 15 is 0 Å². The SMILES string of the molecule is C=CCCc1cccc2ccccc12. The van der Waals surface area contributed by atoms with Gasteiger partial charge < -0.3 is 0 Å². The van der Waals surface area contributed by atoms with E-state index in [1.165, 1.54) is 16.3 Å². The van der Waals surface area contributed by atoms with Crippen molar-refractivity contribution in [3.63, 3.8) is 0 Å². The summed E-state index contributed by atoms with van der Waals surface area (Å²) < 4.78 is 0. The molecule has 70 valence electrons. The topological polar surface area (TPSA) is 0 Å². The lowest BCUT2D eigenvalue weighted by atomic mass is 10.0. The number of aryl methyl sites for hydroxylation is 1. The largest absolute Gasteiger partial charge is 0.103 e. The third-order valence-corrected chi connectivity index (χ3v) is 2.50. The van der Waals surface area contributed by atoms with Crippen LogP contribution in [0.1, 0.15) is 12.0 Å². The minimum absolute atomic E-state index is 1.05. The molecule has 0 nitrogen and oxygen atoms in total. The molecule has 0 fully saturated rings. The van der Waals surface area contributed by atoms with Gasteiger partial charge in [-0.2, -0.15) is 0 Å². The van der Waals surface area contributed by atoms with Gasteiger partial charge in [0.25, 0.3) is 0 Å². The van der Waals surface area contributed by atoms with Crippen LogP contribution in [0.2, 0.25) is 0 Å². The van der Waals surface area contributed by atoms with E-state index in [2.05, 4.69) is 49.0 Å². The Bertz CT molecular complexity index is 435. The molecule has 0 aromatic heterocycles. The number of benzene rings is 2. The quantitative estimate of drug-likeness (QED) is 0.630. The van der Waals surface area contributed by atoms with E-state index in [4.69, 9.17) is 0 Å². The minimum atomic E-state index is 1.05. The third kappa shape index (κ3) is 1.69. The maximum Gasteiger partial charge on any atom is -0.0152 e. The molecule has 2 aromatic carbocycles. The van der Waals surface area contributed by atoms with Crippen molar-refractivity contribution in [3.05, 3.63) is 60.7 Å². The molecule has 2 rings (SSSR count). The number of fused-ring (bicyclic) bond motifs is 1. The highest BCUT2D eigenvalue weighted by atomic mass is 14.0. The molecule has 0 spiro atoms. The average molecular weight is 182 g/mol. The van der Waals surface area contributed by atoms with Crippen LogP contribution in [0, 0.1) is 0 Å². The molecule has 0 aliphatic heterocycles. The molecule has 0 saturated carbocycles. The van der Waals surface area contributed by atoms with Crippen LogP contribution in [0.15, 0.2) is 55.1 Å². The normalized spacial score (nSPS) is 10.3. The van der Waals surface area contributed by atoms with E-state index in [-0.39, 0.29) is 0 Å². The molecular weight excluding hydrogens is 168 g/mol. The van der Waals surface area contributed by atoms with Gasteiger partial charge in [0, 0.05) is 0 Å². The van der Waals surface area contributed by atoms with Crippen molar-refractivity contribution in [2.75, 3.05) is 0 Å². The van der Waals surface area contributed by atoms with Crippen molar-refractivity contribution in [2.24, 2.45) is 0 Å².